The predicted octanol–water partition coefficient (Wildman–Crippen LogP) is 2.73. The summed E-state index contributed by atoms with van der Waals surface area (Å²) >= 11 is 0. The number of carbonyl (C=O) groups excluding carboxylic acids is 1. The summed E-state index contributed by atoms with van der Waals surface area (Å²) in [5.41, 5.74) is 1.53. The molecule has 1 aliphatic heterocycles. The largest absolute Gasteiger partial charge is 0.496 e. The number of hydrogen-bond donors (Lipinski definition) is 1. The quantitative estimate of drug-likeness (QED) is 0.713. The topological polar surface area (TPSA) is 84.9 Å². The summed E-state index contributed by atoms with van der Waals surface area (Å²) in [7, 11) is -2.12. The molecule has 1 heterocycles. The second-order valence-electron chi connectivity index (χ2n) is 6.98. The highest BCUT2D eigenvalue weighted by atomic mass is 32.2. The van der Waals surface area contributed by atoms with Gasteiger partial charge < -0.3 is 14.4 Å². The van der Waals surface area contributed by atoms with E-state index in [0.717, 1.165) is 17.0 Å². The number of nitrogens with one attached hydrogen (secondary N) is 1. The number of ether oxygens (including phenoxy) is 2. The minimum atomic E-state index is -3.66. The van der Waals surface area contributed by atoms with Crippen LogP contribution >= 0.6 is 0 Å². The van der Waals surface area contributed by atoms with Crippen molar-refractivity contribution in [3.05, 3.63) is 48.0 Å². The summed E-state index contributed by atoms with van der Waals surface area (Å²) in [5, 5.41) is 0. The van der Waals surface area contributed by atoms with E-state index in [1.165, 1.54) is 6.07 Å². The molecule has 8 heteroatoms. The van der Waals surface area contributed by atoms with Gasteiger partial charge in [-0.25, -0.2) is 13.1 Å². The number of carbonyl (C=O) groups is 1. The second-order valence-corrected chi connectivity index (χ2v) is 8.75. The van der Waals surface area contributed by atoms with Gasteiger partial charge in [0.2, 0.25) is 15.9 Å². The molecular weight excluding hydrogens is 392 g/mol. The second kappa shape index (κ2) is 8.84. The van der Waals surface area contributed by atoms with Gasteiger partial charge in [0.15, 0.2) is 0 Å². The summed E-state index contributed by atoms with van der Waals surface area (Å²) in [6.07, 6.45) is 0.303. The first-order chi connectivity index (χ1) is 13.8. The maximum Gasteiger partial charge on any atom is 0.240 e. The molecule has 3 rings (SSSR count). The Morgan fingerprint density at radius 3 is 2.52 bits per heavy atom. The first-order valence-electron chi connectivity index (χ1n) is 9.51. The van der Waals surface area contributed by atoms with E-state index in [9.17, 15) is 13.2 Å². The molecule has 0 unspecified atom stereocenters. The summed E-state index contributed by atoms with van der Waals surface area (Å²) in [6, 6.07) is 12.1. The van der Waals surface area contributed by atoms with Crippen LogP contribution in [0.4, 0.5) is 5.69 Å². The lowest BCUT2D eigenvalue weighted by Gasteiger charge is -2.17. The Morgan fingerprint density at radius 2 is 1.90 bits per heavy atom. The molecule has 0 saturated carbocycles. The Morgan fingerprint density at radius 1 is 1.17 bits per heavy atom. The van der Waals surface area contributed by atoms with Crippen LogP contribution in [0.2, 0.25) is 0 Å². The number of rotatable bonds is 8. The van der Waals surface area contributed by atoms with Crippen LogP contribution in [0.25, 0.3) is 0 Å². The molecular formula is C21H26N2O5S. The van der Waals surface area contributed by atoms with Crippen molar-refractivity contribution in [2.24, 2.45) is 5.92 Å². The monoisotopic (exact) mass is 418 g/mol. The van der Waals surface area contributed by atoms with Crippen molar-refractivity contribution in [2.45, 2.75) is 25.2 Å². The van der Waals surface area contributed by atoms with Gasteiger partial charge >= 0.3 is 0 Å². The molecule has 1 fully saturated rings. The van der Waals surface area contributed by atoms with Gasteiger partial charge in [0.25, 0.3) is 0 Å². The third-order valence-electron chi connectivity index (χ3n) is 4.90. The van der Waals surface area contributed by atoms with E-state index < -0.39 is 10.0 Å². The highest BCUT2D eigenvalue weighted by Crippen LogP contribution is 2.27. The molecule has 1 aliphatic rings. The average molecular weight is 419 g/mol. The number of methoxy groups -OCH3 is 1. The first-order valence-corrected chi connectivity index (χ1v) is 11.0. The SMILES string of the molecule is CCOc1ccc(N2C[C@@H](CNS(=O)(=O)c3ccc(OC)c(C)c3)CC2=O)cc1. The zero-order valence-electron chi connectivity index (χ0n) is 16.8. The van der Waals surface area contributed by atoms with Crippen LogP contribution in [0.5, 0.6) is 11.5 Å². The Balaban J connectivity index is 1.63. The number of anilines is 1. The number of sulfonamides is 1. The fraction of sp³-hybridized carbons (Fsp3) is 0.381. The third-order valence-corrected chi connectivity index (χ3v) is 6.32. The summed E-state index contributed by atoms with van der Waals surface area (Å²) in [6.45, 7) is 4.96. The molecule has 0 aromatic heterocycles. The van der Waals surface area contributed by atoms with Gasteiger partial charge in [-0.2, -0.15) is 0 Å². The molecule has 7 nitrogen and oxygen atoms in total. The Hall–Kier alpha value is -2.58. The number of nitrogens with zero attached hydrogens (tertiary/aromatic N) is 1. The molecule has 2 aromatic rings. The maximum atomic E-state index is 12.6. The smallest absolute Gasteiger partial charge is 0.240 e. The number of amides is 1. The molecule has 156 valence electrons. The van der Waals surface area contributed by atoms with Crippen molar-refractivity contribution in [1.29, 1.82) is 0 Å². The Kier molecular flexibility index (Phi) is 6.44. The van der Waals surface area contributed by atoms with Crippen LogP contribution in [0.15, 0.2) is 47.4 Å². The summed E-state index contributed by atoms with van der Waals surface area (Å²) in [5.74, 6) is 1.28. The van der Waals surface area contributed by atoms with E-state index >= 15 is 0 Å². The van der Waals surface area contributed by atoms with E-state index in [1.54, 1.807) is 31.1 Å². The van der Waals surface area contributed by atoms with Gasteiger partial charge in [-0.15, -0.1) is 0 Å². The minimum Gasteiger partial charge on any atom is -0.496 e. The summed E-state index contributed by atoms with van der Waals surface area (Å²) in [4.78, 5) is 14.3. The van der Waals surface area contributed by atoms with E-state index in [-0.39, 0.29) is 23.3 Å². The number of benzene rings is 2. The van der Waals surface area contributed by atoms with Crippen LogP contribution in [-0.4, -0.2) is 41.1 Å². The fourth-order valence-corrected chi connectivity index (χ4v) is 4.59. The summed E-state index contributed by atoms with van der Waals surface area (Å²) < 4.78 is 38.4. The van der Waals surface area contributed by atoms with E-state index in [4.69, 9.17) is 9.47 Å². The van der Waals surface area contributed by atoms with Crippen LogP contribution in [-0.2, 0) is 14.8 Å². The van der Waals surface area contributed by atoms with Crippen molar-refractivity contribution in [1.82, 2.24) is 4.72 Å². The lowest BCUT2D eigenvalue weighted by molar-refractivity contribution is -0.117. The lowest BCUT2D eigenvalue weighted by atomic mass is 10.1. The van der Waals surface area contributed by atoms with Crippen molar-refractivity contribution in [3.63, 3.8) is 0 Å². The van der Waals surface area contributed by atoms with Crippen molar-refractivity contribution >= 4 is 21.6 Å². The van der Waals surface area contributed by atoms with Crippen LogP contribution in [0.3, 0.4) is 0 Å². The van der Waals surface area contributed by atoms with E-state index in [0.29, 0.717) is 25.3 Å². The van der Waals surface area contributed by atoms with Crippen LogP contribution in [0, 0.1) is 12.8 Å². The average Bonchev–Trinajstić information content (AvgIpc) is 3.08. The van der Waals surface area contributed by atoms with Gasteiger partial charge in [-0.05, 0) is 67.8 Å². The van der Waals surface area contributed by atoms with Crippen molar-refractivity contribution in [2.75, 3.05) is 31.7 Å². The predicted molar refractivity (Wildman–Crippen MR) is 111 cm³/mol. The molecule has 1 N–H and O–H groups in total. The number of hydrogen-bond acceptors (Lipinski definition) is 5. The highest BCUT2D eigenvalue weighted by molar-refractivity contribution is 7.89. The molecule has 0 radical (unpaired) electrons. The molecule has 2 aromatic carbocycles. The fourth-order valence-electron chi connectivity index (χ4n) is 3.39. The van der Waals surface area contributed by atoms with Gasteiger partial charge in [0.1, 0.15) is 11.5 Å². The molecule has 1 amide bonds. The molecule has 0 aliphatic carbocycles. The highest BCUT2D eigenvalue weighted by Gasteiger charge is 2.31. The molecule has 29 heavy (non-hydrogen) atoms. The van der Waals surface area contributed by atoms with E-state index in [1.807, 2.05) is 31.2 Å². The van der Waals surface area contributed by atoms with Gasteiger partial charge in [0, 0.05) is 25.2 Å². The van der Waals surface area contributed by atoms with E-state index in [2.05, 4.69) is 4.72 Å². The zero-order chi connectivity index (χ0) is 21.0. The van der Waals surface area contributed by atoms with Crippen LogP contribution in [0.1, 0.15) is 18.9 Å². The maximum absolute atomic E-state index is 12.6. The molecule has 1 saturated heterocycles. The first kappa shape index (κ1) is 21.1. The number of aryl methyl sites for hydroxylation is 1. The van der Waals surface area contributed by atoms with Crippen molar-refractivity contribution in [3.8, 4) is 11.5 Å². The molecule has 0 bridgehead atoms. The Bertz CT molecular complexity index is 973. The van der Waals surface area contributed by atoms with Crippen LogP contribution < -0.4 is 19.1 Å². The minimum absolute atomic E-state index is 0.0151. The Labute approximate surface area is 171 Å². The lowest BCUT2D eigenvalue weighted by Crippen LogP contribution is -2.31. The van der Waals surface area contributed by atoms with Gasteiger partial charge in [-0.3, -0.25) is 4.79 Å². The van der Waals surface area contributed by atoms with Gasteiger partial charge in [-0.1, -0.05) is 0 Å². The normalized spacial score (nSPS) is 16.9. The molecule has 0 spiro atoms. The standard InChI is InChI=1S/C21H26N2O5S/c1-4-28-18-7-5-17(6-8-18)23-14-16(12-21(23)24)13-22-29(25,26)19-9-10-20(27-3)15(2)11-19/h5-11,16,22H,4,12-14H2,1-3H3/t16-/m1/s1. The van der Waals surface area contributed by atoms with Gasteiger partial charge in [0.05, 0.1) is 18.6 Å². The zero-order valence-corrected chi connectivity index (χ0v) is 17.7. The molecule has 1 atom stereocenters. The van der Waals surface area contributed by atoms with Crippen molar-refractivity contribution < 1.29 is 22.7 Å². The third kappa shape index (κ3) is 4.89.